The lowest BCUT2D eigenvalue weighted by Gasteiger charge is -2.29. The zero-order valence-corrected chi connectivity index (χ0v) is 23.2. The predicted molar refractivity (Wildman–Crippen MR) is 150 cm³/mol. The van der Waals surface area contributed by atoms with Crippen LogP contribution in [0.4, 0.5) is 0 Å². The van der Waals surface area contributed by atoms with Gasteiger partial charge in [0.1, 0.15) is 11.8 Å². The average molecular weight is 522 g/mol. The lowest BCUT2D eigenvalue weighted by atomic mass is 9.81. The topological polar surface area (TPSA) is 102 Å². The smallest absolute Gasteiger partial charge is 0.245 e. The molecule has 1 saturated heterocycles. The molecule has 7 nitrogen and oxygen atoms in total. The fourth-order valence-electron chi connectivity index (χ4n) is 5.43. The summed E-state index contributed by atoms with van der Waals surface area (Å²) in [7, 11) is 1.66. The zero-order chi connectivity index (χ0) is 27.7. The summed E-state index contributed by atoms with van der Waals surface area (Å²) in [5, 5.41) is 3.02. The van der Waals surface area contributed by atoms with Gasteiger partial charge in [-0.05, 0) is 61.3 Å². The van der Waals surface area contributed by atoms with E-state index in [2.05, 4.69) is 11.4 Å². The van der Waals surface area contributed by atoms with Crippen LogP contribution in [0.1, 0.15) is 64.9 Å². The molecule has 1 unspecified atom stereocenters. The molecule has 0 bridgehead atoms. The Kier molecular flexibility index (Phi) is 10.7. The van der Waals surface area contributed by atoms with E-state index in [9.17, 15) is 14.4 Å². The summed E-state index contributed by atoms with van der Waals surface area (Å²) >= 11 is 0. The molecule has 0 radical (unpaired) electrons. The van der Waals surface area contributed by atoms with E-state index in [1.165, 1.54) is 0 Å². The highest BCUT2D eigenvalue weighted by Gasteiger charge is 2.35. The third-order valence-electron chi connectivity index (χ3n) is 7.33. The molecular formula is C31H43N3O4. The van der Waals surface area contributed by atoms with Crippen molar-refractivity contribution in [2.45, 2.75) is 71.9 Å². The van der Waals surface area contributed by atoms with Crippen molar-refractivity contribution in [3.8, 4) is 16.9 Å². The first-order chi connectivity index (χ1) is 18.2. The van der Waals surface area contributed by atoms with E-state index in [0.29, 0.717) is 32.4 Å². The van der Waals surface area contributed by atoms with Crippen molar-refractivity contribution in [1.82, 2.24) is 10.2 Å². The number of para-hydroxylation sites is 1. The van der Waals surface area contributed by atoms with Crippen LogP contribution in [0, 0.1) is 17.8 Å². The van der Waals surface area contributed by atoms with Crippen LogP contribution in [0.5, 0.6) is 5.75 Å². The monoisotopic (exact) mass is 521 g/mol. The van der Waals surface area contributed by atoms with Crippen molar-refractivity contribution in [2.24, 2.45) is 23.5 Å². The Bertz CT molecular complexity index is 1100. The number of nitrogens with zero attached hydrogens (tertiary/aromatic N) is 1. The van der Waals surface area contributed by atoms with Crippen molar-refractivity contribution >= 4 is 17.7 Å². The number of hydrogen-bond donors (Lipinski definition) is 2. The molecule has 7 heteroatoms. The number of methoxy groups -OCH3 is 1. The molecule has 1 aliphatic heterocycles. The number of hydrogen-bond acceptors (Lipinski definition) is 4. The largest absolute Gasteiger partial charge is 0.496 e. The highest BCUT2D eigenvalue weighted by molar-refractivity contribution is 5.91. The van der Waals surface area contributed by atoms with Crippen LogP contribution in [-0.2, 0) is 20.9 Å². The summed E-state index contributed by atoms with van der Waals surface area (Å²) in [4.78, 5) is 41.1. The first kappa shape index (κ1) is 29.2. The standard InChI is InChI=1S/C31H43N3O4/c1-5-11-25(29(32)35)26(18-21(2)3)30(36)33-27-15-8-9-17-34(31(27)37)20-22-12-10-13-23(19-22)24-14-6-7-16-28(24)38-4/h6-7,10,12-14,16,19,21,25-27H,5,8-9,11,15,17-18,20H2,1-4H3,(H2,32,35)(H,33,36)/t25-,26?,27-/m0/s1. The Labute approximate surface area is 227 Å². The quantitative estimate of drug-likeness (QED) is 0.414. The number of carbonyl (C=O) groups excluding carboxylic acids is 3. The predicted octanol–water partition coefficient (Wildman–Crippen LogP) is 4.92. The number of nitrogens with one attached hydrogen (secondary N) is 1. The van der Waals surface area contributed by atoms with Gasteiger partial charge in [0.15, 0.2) is 0 Å². The molecule has 3 N–H and O–H groups in total. The van der Waals surface area contributed by atoms with Gasteiger partial charge in [-0.25, -0.2) is 0 Å². The van der Waals surface area contributed by atoms with Gasteiger partial charge >= 0.3 is 0 Å². The molecule has 2 aromatic rings. The number of carbonyl (C=O) groups is 3. The third kappa shape index (κ3) is 7.59. The minimum atomic E-state index is -0.604. The first-order valence-electron chi connectivity index (χ1n) is 13.9. The van der Waals surface area contributed by atoms with Crippen LogP contribution in [0.15, 0.2) is 48.5 Å². The normalized spacial score (nSPS) is 17.6. The molecule has 38 heavy (non-hydrogen) atoms. The molecule has 206 valence electrons. The number of nitrogens with two attached hydrogens (primary N) is 1. The SMILES string of the molecule is CCC[C@H](C(N)=O)C(CC(C)C)C(=O)N[C@H]1CCCCN(Cc2cccc(-c3ccccc3OC)c2)C1=O. The molecule has 0 saturated carbocycles. The minimum absolute atomic E-state index is 0.0760. The zero-order valence-electron chi connectivity index (χ0n) is 23.2. The molecular weight excluding hydrogens is 478 g/mol. The van der Waals surface area contributed by atoms with E-state index in [-0.39, 0.29) is 17.7 Å². The highest BCUT2D eigenvalue weighted by Crippen LogP contribution is 2.31. The lowest BCUT2D eigenvalue weighted by Crippen LogP contribution is -2.50. The van der Waals surface area contributed by atoms with E-state index in [1.807, 2.05) is 68.1 Å². The Morgan fingerprint density at radius 1 is 1.11 bits per heavy atom. The van der Waals surface area contributed by atoms with Gasteiger partial charge in [-0.2, -0.15) is 0 Å². The van der Waals surface area contributed by atoms with E-state index in [0.717, 1.165) is 41.7 Å². The molecule has 0 spiro atoms. The van der Waals surface area contributed by atoms with Crippen LogP contribution in [0.25, 0.3) is 11.1 Å². The van der Waals surface area contributed by atoms with Gasteiger partial charge in [0.25, 0.3) is 0 Å². The minimum Gasteiger partial charge on any atom is -0.496 e. The van der Waals surface area contributed by atoms with Crippen LogP contribution in [0.2, 0.25) is 0 Å². The van der Waals surface area contributed by atoms with Crippen LogP contribution >= 0.6 is 0 Å². The van der Waals surface area contributed by atoms with Gasteiger partial charge < -0.3 is 20.7 Å². The van der Waals surface area contributed by atoms with E-state index < -0.39 is 23.8 Å². The second-order valence-electron chi connectivity index (χ2n) is 10.8. The number of primary amides is 1. The van der Waals surface area contributed by atoms with Gasteiger partial charge in [0.05, 0.1) is 7.11 Å². The maximum absolute atomic E-state index is 13.6. The average Bonchev–Trinajstić information content (AvgIpc) is 3.06. The second kappa shape index (κ2) is 14.0. The molecule has 1 aliphatic rings. The van der Waals surface area contributed by atoms with Crippen molar-refractivity contribution in [3.63, 3.8) is 0 Å². The summed E-state index contributed by atoms with van der Waals surface area (Å²) in [6, 6.07) is 15.4. The number of amides is 3. The van der Waals surface area contributed by atoms with Gasteiger partial charge in [-0.15, -0.1) is 0 Å². The number of rotatable bonds is 12. The summed E-state index contributed by atoms with van der Waals surface area (Å²) < 4.78 is 5.53. The van der Waals surface area contributed by atoms with Crippen LogP contribution < -0.4 is 15.8 Å². The van der Waals surface area contributed by atoms with Crippen molar-refractivity contribution in [1.29, 1.82) is 0 Å². The van der Waals surface area contributed by atoms with Gasteiger partial charge in [-0.1, -0.05) is 63.6 Å². The van der Waals surface area contributed by atoms with Gasteiger partial charge in [-0.3, -0.25) is 14.4 Å². The lowest BCUT2D eigenvalue weighted by molar-refractivity contribution is -0.139. The summed E-state index contributed by atoms with van der Waals surface area (Å²) in [6.07, 6.45) is 4.19. The fraction of sp³-hybridized carbons (Fsp3) is 0.516. The number of ether oxygens (including phenoxy) is 1. The third-order valence-corrected chi connectivity index (χ3v) is 7.33. The van der Waals surface area contributed by atoms with Crippen molar-refractivity contribution in [2.75, 3.05) is 13.7 Å². The maximum Gasteiger partial charge on any atom is 0.245 e. The molecule has 3 rings (SSSR count). The van der Waals surface area contributed by atoms with Gasteiger partial charge in [0.2, 0.25) is 17.7 Å². The molecule has 1 heterocycles. The number of likely N-dealkylation sites (tertiary alicyclic amines) is 1. The van der Waals surface area contributed by atoms with Crippen molar-refractivity contribution in [3.05, 3.63) is 54.1 Å². The Morgan fingerprint density at radius 3 is 2.55 bits per heavy atom. The molecule has 0 aromatic heterocycles. The van der Waals surface area contributed by atoms with Crippen LogP contribution in [0.3, 0.4) is 0 Å². The molecule has 0 aliphatic carbocycles. The molecule has 3 atom stereocenters. The summed E-state index contributed by atoms with van der Waals surface area (Å²) in [5.74, 6) is -0.807. The highest BCUT2D eigenvalue weighted by atomic mass is 16.5. The van der Waals surface area contributed by atoms with Crippen molar-refractivity contribution < 1.29 is 19.1 Å². The Balaban J connectivity index is 1.77. The molecule has 2 aromatic carbocycles. The summed E-state index contributed by atoms with van der Waals surface area (Å²) in [5.41, 5.74) is 8.74. The van der Waals surface area contributed by atoms with E-state index >= 15 is 0 Å². The van der Waals surface area contributed by atoms with Gasteiger partial charge in [0, 0.05) is 30.5 Å². The molecule has 3 amide bonds. The fourth-order valence-corrected chi connectivity index (χ4v) is 5.43. The second-order valence-corrected chi connectivity index (χ2v) is 10.8. The number of benzene rings is 2. The first-order valence-corrected chi connectivity index (χ1v) is 13.9. The maximum atomic E-state index is 13.6. The summed E-state index contributed by atoms with van der Waals surface area (Å²) in [6.45, 7) is 7.14. The Hall–Kier alpha value is -3.35. The molecule has 1 fully saturated rings. The Morgan fingerprint density at radius 2 is 1.87 bits per heavy atom. The van der Waals surface area contributed by atoms with E-state index in [1.54, 1.807) is 7.11 Å². The van der Waals surface area contributed by atoms with Crippen LogP contribution in [-0.4, -0.2) is 42.3 Å². The van der Waals surface area contributed by atoms with E-state index in [4.69, 9.17) is 10.5 Å².